The molecule has 0 radical (unpaired) electrons. The molecule has 0 aromatic heterocycles. The third-order valence-corrected chi connectivity index (χ3v) is 3.52. The molecule has 1 N–H and O–H groups in total. The summed E-state index contributed by atoms with van der Waals surface area (Å²) in [5.74, 6) is -0.413. The Morgan fingerprint density at radius 3 is 2.80 bits per heavy atom. The van der Waals surface area contributed by atoms with Gasteiger partial charge in [-0.3, -0.25) is 4.79 Å². The lowest BCUT2D eigenvalue weighted by Gasteiger charge is -2.15. The minimum absolute atomic E-state index is 0.374. The Morgan fingerprint density at radius 1 is 1.25 bits per heavy atom. The molecule has 102 valence electrons. The summed E-state index contributed by atoms with van der Waals surface area (Å²) in [5, 5.41) is 9.62. The van der Waals surface area contributed by atoms with Crippen molar-refractivity contribution in [1.82, 2.24) is 0 Å². The molecular formula is C16H14O4. The zero-order chi connectivity index (χ0) is 14.1. The van der Waals surface area contributed by atoms with Crippen molar-refractivity contribution in [2.45, 2.75) is 12.5 Å². The van der Waals surface area contributed by atoms with Crippen LogP contribution >= 0.6 is 0 Å². The van der Waals surface area contributed by atoms with E-state index in [4.69, 9.17) is 9.47 Å². The molecule has 0 unspecified atom stereocenters. The van der Waals surface area contributed by atoms with E-state index in [9.17, 15) is 9.90 Å². The van der Waals surface area contributed by atoms with Gasteiger partial charge < -0.3 is 14.6 Å². The van der Waals surface area contributed by atoms with Crippen molar-refractivity contribution >= 4 is 5.97 Å². The summed E-state index contributed by atoms with van der Waals surface area (Å²) in [6.07, 6.45) is 0. The van der Waals surface area contributed by atoms with Gasteiger partial charge >= 0.3 is 5.97 Å². The Morgan fingerprint density at radius 2 is 2.05 bits per heavy atom. The molecule has 0 bridgehead atoms. The average Bonchev–Trinajstić information content (AvgIpc) is 2.62. The van der Waals surface area contributed by atoms with Gasteiger partial charge in [0.1, 0.15) is 24.0 Å². The molecule has 2 aromatic carbocycles. The predicted molar refractivity (Wildman–Crippen MR) is 73.2 cm³/mol. The highest BCUT2D eigenvalue weighted by atomic mass is 16.5. The van der Waals surface area contributed by atoms with Crippen molar-refractivity contribution in [2.24, 2.45) is 0 Å². The summed E-state index contributed by atoms with van der Waals surface area (Å²) in [4.78, 5) is 11.7. The van der Waals surface area contributed by atoms with E-state index in [1.54, 1.807) is 25.3 Å². The topological polar surface area (TPSA) is 55.8 Å². The SMILES string of the molecule is COc1ccc2c(c1)[C@@H](C(=O)O)c1ccccc1CO2. The highest BCUT2D eigenvalue weighted by Crippen LogP contribution is 2.39. The van der Waals surface area contributed by atoms with Crippen LogP contribution in [0, 0.1) is 0 Å². The molecule has 4 nitrogen and oxygen atoms in total. The van der Waals surface area contributed by atoms with Crippen molar-refractivity contribution in [3.8, 4) is 11.5 Å². The molecule has 0 fully saturated rings. The number of hydrogen-bond donors (Lipinski definition) is 1. The van der Waals surface area contributed by atoms with Crippen LogP contribution in [0.3, 0.4) is 0 Å². The first-order valence-corrected chi connectivity index (χ1v) is 6.32. The summed E-state index contributed by atoms with van der Waals surface area (Å²) in [6, 6.07) is 12.7. The molecule has 0 spiro atoms. The van der Waals surface area contributed by atoms with Crippen LogP contribution < -0.4 is 9.47 Å². The Bertz CT molecular complexity index is 663. The summed E-state index contributed by atoms with van der Waals surface area (Å²) in [7, 11) is 1.56. The van der Waals surface area contributed by atoms with E-state index in [0.717, 1.165) is 11.1 Å². The maximum Gasteiger partial charge on any atom is 0.315 e. The van der Waals surface area contributed by atoms with Gasteiger partial charge in [-0.1, -0.05) is 24.3 Å². The number of ether oxygens (including phenoxy) is 2. The van der Waals surface area contributed by atoms with Crippen LogP contribution in [-0.2, 0) is 11.4 Å². The maximum atomic E-state index is 11.7. The quantitative estimate of drug-likeness (QED) is 0.911. The normalized spacial score (nSPS) is 16.4. The third-order valence-electron chi connectivity index (χ3n) is 3.52. The molecule has 4 heteroatoms. The van der Waals surface area contributed by atoms with E-state index in [-0.39, 0.29) is 0 Å². The largest absolute Gasteiger partial charge is 0.497 e. The number of carbonyl (C=O) groups is 1. The minimum Gasteiger partial charge on any atom is -0.497 e. The number of carboxylic acid groups (broad SMARTS) is 1. The lowest BCUT2D eigenvalue weighted by Crippen LogP contribution is -2.13. The first-order valence-electron chi connectivity index (χ1n) is 6.32. The summed E-state index contributed by atoms with van der Waals surface area (Å²) in [5.41, 5.74) is 2.30. The van der Waals surface area contributed by atoms with Crippen molar-refractivity contribution in [3.63, 3.8) is 0 Å². The lowest BCUT2D eigenvalue weighted by atomic mass is 9.88. The van der Waals surface area contributed by atoms with Crippen molar-refractivity contribution < 1.29 is 19.4 Å². The number of methoxy groups -OCH3 is 1. The first-order chi connectivity index (χ1) is 9.70. The van der Waals surface area contributed by atoms with Crippen LogP contribution in [0.4, 0.5) is 0 Å². The van der Waals surface area contributed by atoms with Crippen LogP contribution in [0.2, 0.25) is 0 Å². The van der Waals surface area contributed by atoms with E-state index in [1.165, 1.54) is 0 Å². The number of rotatable bonds is 2. The predicted octanol–water partition coefficient (Wildman–Crippen LogP) is 2.80. The maximum absolute atomic E-state index is 11.7. The number of hydrogen-bond acceptors (Lipinski definition) is 3. The molecule has 20 heavy (non-hydrogen) atoms. The van der Waals surface area contributed by atoms with E-state index in [1.807, 2.05) is 24.3 Å². The Hall–Kier alpha value is -2.49. The van der Waals surface area contributed by atoms with Gasteiger partial charge in [-0.2, -0.15) is 0 Å². The molecule has 0 saturated carbocycles. The smallest absolute Gasteiger partial charge is 0.315 e. The molecule has 1 aliphatic heterocycles. The fourth-order valence-corrected chi connectivity index (χ4v) is 2.55. The molecular weight excluding hydrogens is 256 g/mol. The summed E-state index contributed by atoms with van der Waals surface area (Å²) in [6.45, 7) is 0.374. The average molecular weight is 270 g/mol. The zero-order valence-electron chi connectivity index (χ0n) is 11.0. The molecule has 3 rings (SSSR count). The van der Waals surface area contributed by atoms with Gasteiger partial charge in [-0.05, 0) is 29.3 Å². The zero-order valence-corrected chi connectivity index (χ0v) is 11.0. The van der Waals surface area contributed by atoms with Crippen LogP contribution in [0.25, 0.3) is 0 Å². The van der Waals surface area contributed by atoms with E-state index in [0.29, 0.717) is 23.7 Å². The van der Waals surface area contributed by atoms with Crippen molar-refractivity contribution in [3.05, 3.63) is 59.2 Å². The third kappa shape index (κ3) is 1.99. The number of benzene rings is 2. The molecule has 1 aliphatic rings. The first kappa shape index (κ1) is 12.5. The molecule has 1 heterocycles. The standard InChI is InChI=1S/C16H14O4/c1-19-11-6-7-14-13(8-11)15(16(17)18)12-5-3-2-4-10(12)9-20-14/h2-8,15H,9H2,1H3,(H,17,18)/t15-/m0/s1. The fraction of sp³-hybridized carbons (Fsp3) is 0.188. The van der Waals surface area contributed by atoms with Crippen LogP contribution in [-0.4, -0.2) is 18.2 Å². The Labute approximate surface area is 116 Å². The second kappa shape index (κ2) is 4.89. The molecule has 2 aromatic rings. The van der Waals surface area contributed by atoms with Crippen molar-refractivity contribution in [1.29, 1.82) is 0 Å². The highest BCUT2D eigenvalue weighted by molar-refractivity contribution is 5.82. The van der Waals surface area contributed by atoms with Crippen LogP contribution in [0.15, 0.2) is 42.5 Å². The van der Waals surface area contributed by atoms with Gasteiger partial charge in [-0.15, -0.1) is 0 Å². The van der Waals surface area contributed by atoms with E-state index >= 15 is 0 Å². The number of aliphatic carboxylic acids is 1. The van der Waals surface area contributed by atoms with Gasteiger partial charge in [0.25, 0.3) is 0 Å². The van der Waals surface area contributed by atoms with Gasteiger partial charge in [-0.25, -0.2) is 0 Å². The van der Waals surface area contributed by atoms with E-state index in [2.05, 4.69) is 0 Å². The molecule has 0 saturated heterocycles. The van der Waals surface area contributed by atoms with Gasteiger partial charge in [0.05, 0.1) is 7.11 Å². The minimum atomic E-state index is -0.891. The van der Waals surface area contributed by atoms with E-state index < -0.39 is 11.9 Å². The number of fused-ring (bicyclic) bond motifs is 2. The molecule has 0 aliphatic carbocycles. The number of carboxylic acids is 1. The molecule has 1 atom stereocenters. The van der Waals surface area contributed by atoms with Gasteiger partial charge in [0.2, 0.25) is 0 Å². The Kier molecular flexibility index (Phi) is 3.06. The van der Waals surface area contributed by atoms with Gasteiger partial charge in [0.15, 0.2) is 0 Å². The second-order valence-corrected chi connectivity index (χ2v) is 4.66. The van der Waals surface area contributed by atoms with Crippen molar-refractivity contribution in [2.75, 3.05) is 7.11 Å². The molecule has 0 amide bonds. The lowest BCUT2D eigenvalue weighted by molar-refractivity contribution is -0.137. The Balaban J connectivity index is 2.22. The monoisotopic (exact) mass is 270 g/mol. The summed E-state index contributed by atoms with van der Waals surface area (Å²) >= 11 is 0. The second-order valence-electron chi connectivity index (χ2n) is 4.66. The highest BCUT2D eigenvalue weighted by Gasteiger charge is 2.30. The summed E-state index contributed by atoms with van der Waals surface area (Å²) < 4.78 is 10.9. The van der Waals surface area contributed by atoms with Crippen LogP contribution in [0.5, 0.6) is 11.5 Å². The van der Waals surface area contributed by atoms with Crippen LogP contribution in [0.1, 0.15) is 22.6 Å². The van der Waals surface area contributed by atoms with Gasteiger partial charge in [0, 0.05) is 5.56 Å². The fourth-order valence-electron chi connectivity index (χ4n) is 2.55.